The molecular formula is C28H32N6O3. The zero-order chi connectivity index (χ0) is 25.9. The molecule has 2 N–H and O–H groups in total. The van der Waals surface area contributed by atoms with Crippen LogP contribution in [0.4, 0.5) is 0 Å². The fourth-order valence-corrected chi connectivity index (χ4v) is 6.21. The molecule has 0 radical (unpaired) electrons. The van der Waals surface area contributed by atoms with E-state index in [0.29, 0.717) is 24.6 Å². The van der Waals surface area contributed by atoms with Gasteiger partial charge in [-0.15, -0.1) is 0 Å². The molecule has 2 heterocycles. The Morgan fingerprint density at radius 1 is 1.14 bits per heavy atom. The highest BCUT2D eigenvalue weighted by molar-refractivity contribution is 5.94. The number of nitrogens with zero attached hydrogens (tertiary/aromatic N) is 4. The van der Waals surface area contributed by atoms with E-state index in [1.807, 2.05) is 24.3 Å². The molecule has 3 saturated carbocycles. The van der Waals surface area contributed by atoms with Crippen LogP contribution in [0.1, 0.15) is 57.7 Å². The molecule has 1 aromatic carbocycles. The Morgan fingerprint density at radius 3 is 2.59 bits per heavy atom. The fraction of sp³-hybridized carbons (Fsp3) is 0.571. The Bertz CT molecular complexity index is 1310. The van der Waals surface area contributed by atoms with Crippen LogP contribution in [0.5, 0.6) is 0 Å². The smallest absolute Gasteiger partial charge is 0.245 e. The molecule has 1 aromatic heterocycles. The Kier molecular flexibility index (Phi) is 5.66. The first-order chi connectivity index (χ1) is 17.8. The minimum atomic E-state index is -0.999. The topological polar surface area (TPSA) is 128 Å². The third kappa shape index (κ3) is 4.32. The summed E-state index contributed by atoms with van der Waals surface area (Å²) in [7, 11) is 0. The molecule has 4 aliphatic rings. The monoisotopic (exact) mass is 500 g/mol. The van der Waals surface area contributed by atoms with Gasteiger partial charge in [-0.05, 0) is 42.4 Å². The van der Waals surface area contributed by atoms with Gasteiger partial charge in [-0.2, -0.15) is 15.5 Å². The maximum Gasteiger partial charge on any atom is 0.245 e. The standard InChI is InChI=1S/C28H32N6O3/c1-28(2)19-14-34(27(37)20(11-15-7-8-15)31-25(35)16-9-10-16)24(22(19)28)26(36)32-21(12-29)23-18-6-4-3-5-17(18)13-30-33-23/h3-6,13,15-16,19-22,24H,7-11,14H2,1-2H3,(H,31,35)(H,32,36)/t19-,20-,21?,22-,24-/m0/s1. The largest absolute Gasteiger partial charge is 0.344 e. The molecule has 0 spiro atoms. The Labute approximate surface area is 216 Å². The lowest BCUT2D eigenvalue weighted by atomic mass is 9.98. The average Bonchev–Trinajstić information content (AvgIpc) is 3.83. The zero-order valence-corrected chi connectivity index (χ0v) is 21.2. The van der Waals surface area contributed by atoms with E-state index in [-0.39, 0.29) is 40.9 Å². The van der Waals surface area contributed by atoms with Crippen LogP contribution in [0, 0.1) is 40.4 Å². The molecule has 3 aliphatic carbocycles. The molecule has 6 rings (SSSR count). The molecule has 2 aromatic rings. The summed E-state index contributed by atoms with van der Waals surface area (Å²) in [4.78, 5) is 41.8. The number of carbonyl (C=O) groups is 3. The van der Waals surface area contributed by atoms with E-state index in [4.69, 9.17) is 0 Å². The number of hydrogen-bond acceptors (Lipinski definition) is 6. The Balaban J connectivity index is 1.24. The normalized spacial score (nSPS) is 27.1. The third-order valence-electron chi connectivity index (χ3n) is 8.88. The summed E-state index contributed by atoms with van der Waals surface area (Å²) in [6.45, 7) is 4.73. The van der Waals surface area contributed by atoms with Crippen molar-refractivity contribution >= 4 is 28.5 Å². The number of rotatable bonds is 8. The molecular weight excluding hydrogens is 468 g/mol. The molecule has 1 unspecified atom stereocenters. The number of nitrogens with one attached hydrogen (secondary N) is 2. The second-order valence-electron chi connectivity index (χ2n) is 11.8. The van der Waals surface area contributed by atoms with Crippen LogP contribution in [0.15, 0.2) is 30.5 Å². The summed E-state index contributed by atoms with van der Waals surface area (Å²) in [5.74, 6) is 0.0958. The molecule has 4 fully saturated rings. The molecule has 1 saturated heterocycles. The highest BCUT2D eigenvalue weighted by atomic mass is 16.2. The van der Waals surface area contributed by atoms with E-state index in [2.05, 4.69) is 40.7 Å². The van der Waals surface area contributed by atoms with E-state index in [0.717, 1.165) is 36.5 Å². The Morgan fingerprint density at radius 2 is 1.89 bits per heavy atom. The van der Waals surface area contributed by atoms with Crippen molar-refractivity contribution in [2.75, 3.05) is 6.54 Å². The maximum absolute atomic E-state index is 13.8. The quantitative estimate of drug-likeness (QED) is 0.573. The number of hydrogen-bond donors (Lipinski definition) is 2. The van der Waals surface area contributed by atoms with E-state index in [1.54, 1.807) is 11.1 Å². The summed E-state index contributed by atoms with van der Waals surface area (Å²) < 4.78 is 0. The lowest BCUT2D eigenvalue weighted by Gasteiger charge is -2.33. The van der Waals surface area contributed by atoms with Crippen molar-refractivity contribution in [3.63, 3.8) is 0 Å². The van der Waals surface area contributed by atoms with Gasteiger partial charge < -0.3 is 15.5 Å². The van der Waals surface area contributed by atoms with Crippen LogP contribution in [0.2, 0.25) is 0 Å². The van der Waals surface area contributed by atoms with Gasteiger partial charge in [0.05, 0.1) is 12.3 Å². The van der Waals surface area contributed by atoms with Crippen molar-refractivity contribution in [1.82, 2.24) is 25.7 Å². The number of benzene rings is 1. The van der Waals surface area contributed by atoms with Gasteiger partial charge >= 0.3 is 0 Å². The lowest BCUT2D eigenvalue weighted by molar-refractivity contribution is -0.143. The summed E-state index contributed by atoms with van der Waals surface area (Å²) in [6, 6.07) is 7.35. The van der Waals surface area contributed by atoms with Gasteiger partial charge in [0.1, 0.15) is 17.8 Å². The van der Waals surface area contributed by atoms with E-state index in [9.17, 15) is 19.6 Å². The van der Waals surface area contributed by atoms with Crippen molar-refractivity contribution in [1.29, 1.82) is 5.26 Å². The third-order valence-corrected chi connectivity index (χ3v) is 8.88. The van der Waals surface area contributed by atoms with Crippen molar-refractivity contribution in [3.05, 3.63) is 36.2 Å². The van der Waals surface area contributed by atoms with Crippen molar-refractivity contribution in [3.8, 4) is 6.07 Å². The number of nitriles is 1. The molecule has 9 heteroatoms. The van der Waals surface area contributed by atoms with Crippen LogP contribution in [-0.4, -0.2) is 51.4 Å². The van der Waals surface area contributed by atoms with Crippen molar-refractivity contribution < 1.29 is 14.4 Å². The first-order valence-corrected chi connectivity index (χ1v) is 13.3. The van der Waals surface area contributed by atoms with Gasteiger partial charge in [0, 0.05) is 23.2 Å². The molecule has 9 nitrogen and oxygen atoms in total. The second-order valence-corrected chi connectivity index (χ2v) is 11.8. The van der Waals surface area contributed by atoms with Crippen molar-refractivity contribution in [2.24, 2.45) is 29.1 Å². The minimum Gasteiger partial charge on any atom is -0.344 e. The second kappa shape index (κ2) is 8.79. The van der Waals surface area contributed by atoms with Gasteiger partial charge in [0.2, 0.25) is 17.7 Å². The summed E-state index contributed by atoms with van der Waals surface area (Å²) in [5.41, 5.74) is 0.323. The van der Waals surface area contributed by atoms with Crippen LogP contribution < -0.4 is 10.6 Å². The summed E-state index contributed by atoms with van der Waals surface area (Å²) in [6.07, 6.45) is 6.13. The molecule has 5 atom stereocenters. The lowest BCUT2D eigenvalue weighted by Crippen LogP contribution is -2.56. The number of carbonyl (C=O) groups excluding carboxylic acids is 3. The molecule has 0 bridgehead atoms. The first kappa shape index (κ1) is 23.8. The summed E-state index contributed by atoms with van der Waals surface area (Å²) >= 11 is 0. The van der Waals surface area contributed by atoms with E-state index >= 15 is 0 Å². The van der Waals surface area contributed by atoms with Crippen LogP contribution in [-0.2, 0) is 14.4 Å². The van der Waals surface area contributed by atoms with Crippen LogP contribution in [0.25, 0.3) is 10.8 Å². The Hall–Kier alpha value is -3.54. The maximum atomic E-state index is 13.8. The van der Waals surface area contributed by atoms with E-state index < -0.39 is 18.1 Å². The van der Waals surface area contributed by atoms with E-state index in [1.165, 1.54) is 0 Å². The predicted molar refractivity (Wildman–Crippen MR) is 134 cm³/mol. The van der Waals surface area contributed by atoms with Gasteiger partial charge in [0.25, 0.3) is 0 Å². The van der Waals surface area contributed by atoms with Gasteiger partial charge in [-0.3, -0.25) is 14.4 Å². The molecule has 1 aliphatic heterocycles. The number of amides is 3. The average molecular weight is 501 g/mol. The highest BCUT2D eigenvalue weighted by Gasteiger charge is 2.69. The zero-order valence-electron chi connectivity index (χ0n) is 21.2. The number of piperidine rings is 1. The van der Waals surface area contributed by atoms with Crippen LogP contribution >= 0.6 is 0 Å². The predicted octanol–water partition coefficient (Wildman–Crippen LogP) is 2.49. The molecule has 3 amide bonds. The highest BCUT2D eigenvalue weighted by Crippen LogP contribution is 2.65. The number of aromatic nitrogens is 2. The molecule has 37 heavy (non-hydrogen) atoms. The van der Waals surface area contributed by atoms with Gasteiger partial charge in [-0.1, -0.05) is 51.0 Å². The SMILES string of the molecule is CC1(C)[C@@H]2[C@@H](C(=O)NC(C#N)c3nncc4ccccc34)N(C(=O)[C@H](CC3CC3)NC(=O)C3CC3)C[C@@H]21. The van der Waals surface area contributed by atoms with Crippen LogP contribution in [0.3, 0.4) is 0 Å². The van der Waals surface area contributed by atoms with Crippen molar-refractivity contribution in [2.45, 2.75) is 64.1 Å². The van der Waals surface area contributed by atoms with Gasteiger partial charge in [-0.25, -0.2) is 0 Å². The van der Waals surface area contributed by atoms with Gasteiger partial charge in [0.15, 0.2) is 6.04 Å². The fourth-order valence-electron chi connectivity index (χ4n) is 6.21. The molecule has 192 valence electrons. The first-order valence-electron chi connectivity index (χ1n) is 13.3. The number of fused-ring (bicyclic) bond motifs is 2. The minimum absolute atomic E-state index is 0.00935. The number of likely N-dealkylation sites (tertiary alicyclic amines) is 1. The summed E-state index contributed by atoms with van der Waals surface area (Å²) in [5, 5.41) is 25.6.